The van der Waals surface area contributed by atoms with E-state index >= 15 is 0 Å². The van der Waals surface area contributed by atoms with Gasteiger partial charge in [0.1, 0.15) is 5.69 Å². The molecular weight excluding hydrogens is 300 g/mol. The minimum absolute atomic E-state index is 0.00346. The van der Waals surface area contributed by atoms with Gasteiger partial charge in [-0.3, -0.25) is 10.1 Å². The van der Waals surface area contributed by atoms with Crippen molar-refractivity contribution in [1.82, 2.24) is 0 Å². The van der Waals surface area contributed by atoms with E-state index in [1.807, 2.05) is 12.1 Å². The van der Waals surface area contributed by atoms with Crippen molar-refractivity contribution in [2.45, 2.75) is 11.8 Å². The van der Waals surface area contributed by atoms with E-state index in [-0.39, 0.29) is 23.2 Å². The Morgan fingerprint density at radius 2 is 1.17 bits per heavy atom. The van der Waals surface area contributed by atoms with Crippen LogP contribution in [0.5, 0.6) is 0 Å². The van der Waals surface area contributed by atoms with Crippen LogP contribution in [-0.4, -0.2) is 4.92 Å². The highest BCUT2D eigenvalue weighted by molar-refractivity contribution is 5.73. The molecule has 0 heterocycles. The monoisotopic (exact) mass is 314 g/mol. The molecule has 0 amide bonds. The average Bonchev–Trinajstić information content (AvgIpc) is 2.60. The highest BCUT2D eigenvalue weighted by Crippen LogP contribution is 2.56. The fourth-order valence-electron chi connectivity index (χ4n) is 4.38. The van der Waals surface area contributed by atoms with Crippen molar-refractivity contribution >= 4 is 11.4 Å². The van der Waals surface area contributed by atoms with Gasteiger partial charge in [0.2, 0.25) is 0 Å². The summed E-state index contributed by atoms with van der Waals surface area (Å²) in [4.78, 5) is 10.9. The lowest BCUT2D eigenvalue weighted by Crippen LogP contribution is -2.27. The van der Waals surface area contributed by atoms with Crippen molar-refractivity contribution in [3.8, 4) is 0 Å². The number of rotatable bonds is 1. The maximum Gasteiger partial charge on any atom is 0.292 e. The van der Waals surface area contributed by atoms with Crippen molar-refractivity contribution in [2.24, 2.45) is 0 Å². The summed E-state index contributed by atoms with van der Waals surface area (Å²) < 4.78 is 0. The zero-order valence-electron chi connectivity index (χ0n) is 12.8. The van der Waals surface area contributed by atoms with Gasteiger partial charge in [-0.15, -0.1) is 0 Å². The largest absolute Gasteiger partial charge is 0.393 e. The molecule has 2 bridgehead atoms. The SMILES string of the molecule is Nc1cc2c(cc1[N+](=O)[O-])C1c3ccccc3C2c2ccccc21. The van der Waals surface area contributed by atoms with E-state index in [2.05, 4.69) is 36.4 Å². The number of nitro benzene ring substituents is 1. The van der Waals surface area contributed by atoms with Gasteiger partial charge in [-0.05, 0) is 39.4 Å². The van der Waals surface area contributed by atoms with Gasteiger partial charge in [0.25, 0.3) is 5.69 Å². The molecule has 3 aromatic rings. The third kappa shape index (κ3) is 1.52. The Labute approximate surface area is 138 Å². The number of nitrogens with two attached hydrogens (primary N) is 1. The second-order valence-electron chi connectivity index (χ2n) is 6.42. The van der Waals surface area contributed by atoms with Crippen LogP contribution in [0.1, 0.15) is 45.2 Å². The molecule has 3 aliphatic rings. The summed E-state index contributed by atoms with van der Waals surface area (Å²) in [6.07, 6.45) is 0. The van der Waals surface area contributed by atoms with Crippen molar-refractivity contribution in [1.29, 1.82) is 0 Å². The number of nitrogen functional groups attached to an aromatic ring is 1. The molecule has 0 aromatic heterocycles. The van der Waals surface area contributed by atoms with Crippen LogP contribution in [0.25, 0.3) is 0 Å². The second kappa shape index (κ2) is 4.45. The summed E-state index contributed by atoms with van der Waals surface area (Å²) in [6.45, 7) is 0. The molecule has 3 aliphatic carbocycles. The number of benzene rings is 3. The summed E-state index contributed by atoms with van der Waals surface area (Å²) >= 11 is 0. The van der Waals surface area contributed by atoms with Crippen molar-refractivity contribution in [3.63, 3.8) is 0 Å². The lowest BCUT2D eigenvalue weighted by molar-refractivity contribution is -0.384. The molecule has 3 aromatic carbocycles. The van der Waals surface area contributed by atoms with Crippen LogP contribution in [0.4, 0.5) is 11.4 Å². The molecule has 0 saturated heterocycles. The second-order valence-corrected chi connectivity index (χ2v) is 6.42. The van der Waals surface area contributed by atoms with E-state index in [0.29, 0.717) is 0 Å². The molecule has 116 valence electrons. The normalized spacial score (nSPS) is 19.3. The molecule has 4 nitrogen and oxygen atoms in total. The van der Waals surface area contributed by atoms with E-state index in [0.717, 1.165) is 11.1 Å². The highest BCUT2D eigenvalue weighted by Gasteiger charge is 2.42. The van der Waals surface area contributed by atoms with Crippen LogP contribution in [0.3, 0.4) is 0 Å². The van der Waals surface area contributed by atoms with Gasteiger partial charge in [0.15, 0.2) is 0 Å². The van der Waals surface area contributed by atoms with Gasteiger partial charge >= 0.3 is 0 Å². The number of nitro groups is 1. The van der Waals surface area contributed by atoms with Crippen LogP contribution >= 0.6 is 0 Å². The standard InChI is InChI=1S/C20H14N2O2/c21-17-9-15-16(10-18(17)22(23)24)20-13-7-3-1-5-11(13)19(15)12-6-2-4-8-14(12)20/h1-10,19-20H,21H2. The summed E-state index contributed by atoms with van der Waals surface area (Å²) in [6, 6.07) is 20.2. The van der Waals surface area contributed by atoms with E-state index in [1.165, 1.54) is 22.3 Å². The number of nitrogens with zero attached hydrogens (tertiary/aromatic N) is 1. The Morgan fingerprint density at radius 3 is 1.58 bits per heavy atom. The predicted octanol–water partition coefficient (Wildman–Crippen LogP) is 4.16. The average molecular weight is 314 g/mol. The van der Waals surface area contributed by atoms with Gasteiger partial charge < -0.3 is 5.73 Å². The van der Waals surface area contributed by atoms with Crippen LogP contribution in [0.15, 0.2) is 60.7 Å². The maximum atomic E-state index is 11.3. The molecule has 0 radical (unpaired) electrons. The van der Waals surface area contributed by atoms with Crippen molar-refractivity contribution in [2.75, 3.05) is 5.73 Å². The number of hydrogen-bond acceptors (Lipinski definition) is 3. The topological polar surface area (TPSA) is 69.2 Å². The molecule has 0 atom stereocenters. The van der Waals surface area contributed by atoms with Crippen LogP contribution in [-0.2, 0) is 0 Å². The summed E-state index contributed by atoms with van der Waals surface area (Å²) in [5.74, 6) is 0.136. The number of anilines is 1. The molecule has 0 unspecified atom stereocenters. The first-order valence-electron chi connectivity index (χ1n) is 7.92. The van der Waals surface area contributed by atoms with E-state index < -0.39 is 4.92 Å². The Hall–Kier alpha value is -3.14. The molecular formula is C20H14N2O2. The third-order valence-electron chi connectivity index (χ3n) is 5.29. The van der Waals surface area contributed by atoms with E-state index in [4.69, 9.17) is 5.73 Å². The van der Waals surface area contributed by atoms with Crippen LogP contribution in [0, 0.1) is 10.1 Å². The Bertz CT molecular complexity index is 978. The summed E-state index contributed by atoms with van der Waals surface area (Å²) in [5.41, 5.74) is 13.4. The fraction of sp³-hybridized carbons (Fsp3) is 0.100. The summed E-state index contributed by atoms with van der Waals surface area (Å²) in [5, 5.41) is 11.3. The van der Waals surface area contributed by atoms with E-state index in [9.17, 15) is 10.1 Å². The Morgan fingerprint density at radius 1 is 0.750 bits per heavy atom. The molecule has 6 rings (SSSR count). The molecule has 0 spiro atoms. The molecule has 0 saturated carbocycles. The minimum atomic E-state index is -0.393. The first-order valence-corrected chi connectivity index (χ1v) is 7.92. The Balaban J connectivity index is 1.88. The smallest absolute Gasteiger partial charge is 0.292 e. The first kappa shape index (κ1) is 13.3. The van der Waals surface area contributed by atoms with Gasteiger partial charge in [0, 0.05) is 17.9 Å². The highest BCUT2D eigenvalue weighted by atomic mass is 16.6. The van der Waals surface area contributed by atoms with Gasteiger partial charge in [-0.25, -0.2) is 0 Å². The summed E-state index contributed by atoms with van der Waals surface area (Å²) in [7, 11) is 0. The number of hydrogen-bond donors (Lipinski definition) is 1. The predicted molar refractivity (Wildman–Crippen MR) is 92.3 cm³/mol. The van der Waals surface area contributed by atoms with Crippen molar-refractivity contribution < 1.29 is 4.92 Å². The molecule has 0 fully saturated rings. The lowest BCUT2D eigenvalue weighted by atomic mass is 9.61. The van der Waals surface area contributed by atoms with Crippen molar-refractivity contribution in [3.05, 3.63) is 104 Å². The molecule has 24 heavy (non-hydrogen) atoms. The zero-order valence-corrected chi connectivity index (χ0v) is 12.8. The first-order chi connectivity index (χ1) is 11.7. The molecule has 0 aliphatic heterocycles. The third-order valence-corrected chi connectivity index (χ3v) is 5.29. The lowest BCUT2D eigenvalue weighted by Gasteiger charge is -2.42. The van der Waals surface area contributed by atoms with Gasteiger partial charge in [-0.1, -0.05) is 48.5 Å². The van der Waals surface area contributed by atoms with Crippen LogP contribution < -0.4 is 5.73 Å². The molecule has 2 N–H and O–H groups in total. The maximum absolute atomic E-state index is 11.3. The molecule has 4 heteroatoms. The van der Waals surface area contributed by atoms with Crippen LogP contribution in [0.2, 0.25) is 0 Å². The van der Waals surface area contributed by atoms with Gasteiger partial charge in [0.05, 0.1) is 4.92 Å². The fourth-order valence-corrected chi connectivity index (χ4v) is 4.38. The van der Waals surface area contributed by atoms with E-state index in [1.54, 1.807) is 12.1 Å². The Kier molecular flexibility index (Phi) is 2.47. The minimum Gasteiger partial charge on any atom is -0.393 e. The quantitative estimate of drug-likeness (QED) is 0.287. The van der Waals surface area contributed by atoms with Gasteiger partial charge in [-0.2, -0.15) is 0 Å². The zero-order chi connectivity index (χ0) is 16.4.